The lowest BCUT2D eigenvalue weighted by Crippen LogP contribution is -2.40. The molecule has 1 saturated heterocycles. The van der Waals surface area contributed by atoms with Crippen molar-refractivity contribution in [3.8, 4) is 5.69 Å². The molecule has 2 N–H and O–H groups in total. The van der Waals surface area contributed by atoms with Crippen LogP contribution in [0, 0.1) is 0 Å². The zero-order valence-corrected chi connectivity index (χ0v) is 13.2. The Morgan fingerprint density at radius 2 is 2.04 bits per heavy atom. The van der Waals surface area contributed by atoms with Gasteiger partial charge in [-0.3, -0.25) is 9.69 Å². The highest BCUT2D eigenvalue weighted by Gasteiger charge is 2.31. The van der Waals surface area contributed by atoms with Crippen LogP contribution in [0.3, 0.4) is 0 Å². The summed E-state index contributed by atoms with van der Waals surface area (Å²) in [5.74, 6) is -0.207. The zero-order chi connectivity index (χ0) is 15.8. The monoisotopic (exact) mass is 310 g/mol. The average molecular weight is 310 g/mol. The summed E-state index contributed by atoms with van der Waals surface area (Å²) in [6, 6.07) is 10.2. The van der Waals surface area contributed by atoms with Gasteiger partial charge in [-0.1, -0.05) is 18.2 Å². The van der Waals surface area contributed by atoms with Gasteiger partial charge in [0.05, 0.1) is 17.4 Å². The fourth-order valence-corrected chi connectivity index (χ4v) is 3.95. The summed E-state index contributed by atoms with van der Waals surface area (Å²) in [4.78, 5) is 13.8. The number of fused-ring (bicyclic) bond motifs is 1. The van der Waals surface area contributed by atoms with Crippen LogP contribution in [0.25, 0.3) is 5.69 Å². The van der Waals surface area contributed by atoms with Gasteiger partial charge in [0.25, 0.3) is 0 Å². The Bertz CT molecular complexity index is 722. The molecule has 0 spiro atoms. The molecule has 1 aromatic carbocycles. The molecule has 1 amide bonds. The third kappa shape index (κ3) is 2.55. The van der Waals surface area contributed by atoms with Crippen molar-refractivity contribution in [3.63, 3.8) is 0 Å². The van der Waals surface area contributed by atoms with Crippen LogP contribution in [-0.4, -0.2) is 33.2 Å². The van der Waals surface area contributed by atoms with Crippen LogP contribution in [0.4, 0.5) is 0 Å². The minimum atomic E-state index is -0.207. The van der Waals surface area contributed by atoms with Gasteiger partial charge in [0.15, 0.2) is 0 Å². The van der Waals surface area contributed by atoms with Crippen LogP contribution < -0.4 is 5.73 Å². The van der Waals surface area contributed by atoms with Crippen molar-refractivity contribution in [1.82, 2.24) is 14.7 Å². The smallest absolute Gasteiger partial charge is 0.234 e. The summed E-state index contributed by atoms with van der Waals surface area (Å²) >= 11 is 0. The van der Waals surface area contributed by atoms with Crippen molar-refractivity contribution in [3.05, 3.63) is 47.3 Å². The third-order valence-corrected chi connectivity index (χ3v) is 5.06. The lowest BCUT2D eigenvalue weighted by atomic mass is 10.1. The second-order valence-electron chi connectivity index (χ2n) is 6.50. The molecule has 2 aliphatic rings. The molecule has 120 valence electrons. The number of carbonyl (C=O) groups is 1. The molecular weight excluding hydrogens is 288 g/mol. The summed E-state index contributed by atoms with van der Waals surface area (Å²) in [7, 11) is 0. The van der Waals surface area contributed by atoms with E-state index in [1.807, 2.05) is 18.2 Å². The van der Waals surface area contributed by atoms with Crippen LogP contribution in [0.2, 0.25) is 0 Å². The van der Waals surface area contributed by atoms with E-state index in [0.717, 1.165) is 50.2 Å². The van der Waals surface area contributed by atoms with Crippen LogP contribution in [0.5, 0.6) is 0 Å². The second-order valence-corrected chi connectivity index (χ2v) is 6.50. The topological polar surface area (TPSA) is 64.2 Å². The van der Waals surface area contributed by atoms with E-state index in [-0.39, 0.29) is 11.9 Å². The van der Waals surface area contributed by atoms with E-state index in [1.165, 1.54) is 17.7 Å². The average Bonchev–Trinajstić information content (AvgIpc) is 3.26. The Balaban J connectivity index is 1.66. The van der Waals surface area contributed by atoms with E-state index in [0.29, 0.717) is 0 Å². The van der Waals surface area contributed by atoms with Crippen molar-refractivity contribution in [2.24, 2.45) is 5.73 Å². The van der Waals surface area contributed by atoms with Crippen LogP contribution in [0.15, 0.2) is 30.3 Å². The molecule has 5 nitrogen and oxygen atoms in total. The fourth-order valence-electron chi connectivity index (χ4n) is 3.95. The van der Waals surface area contributed by atoms with E-state index in [4.69, 9.17) is 10.8 Å². The van der Waals surface area contributed by atoms with Gasteiger partial charge in [0.2, 0.25) is 5.91 Å². The lowest BCUT2D eigenvalue weighted by molar-refractivity contribution is -0.122. The quantitative estimate of drug-likeness (QED) is 0.937. The summed E-state index contributed by atoms with van der Waals surface area (Å²) in [5.41, 5.74) is 10.5. The third-order valence-electron chi connectivity index (χ3n) is 5.06. The minimum Gasteiger partial charge on any atom is -0.368 e. The number of carbonyl (C=O) groups excluding carboxylic acids is 1. The lowest BCUT2D eigenvalue weighted by Gasteiger charge is -2.21. The number of hydrogen-bond donors (Lipinski definition) is 1. The molecule has 1 aromatic heterocycles. The number of nitrogens with two attached hydrogens (primary N) is 1. The van der Waals surface area contributed by atoms with Gasteiger partial charge in [-0.2, -0.15) is 5.10 Å². The zero-order valence-electron chi connectivity index (χ0n) is 13.2. The number of amides is 1. The summed E-state index contributed by atoms with van der Waals surface area (Å²) < 4.78 is 2.09. The molecule has 0 radical (unpaired) electrons. The van der Waals surface area contributed by atoms with Crippen LogP contribution in [-0.2, 0) is 24.2 Å². The molecule has 0 bridgehead atoms. The number of para-hydroxylation sites is 1. The molecule has 23 heavy (non-hydrogen) atoms. The minimum absolute atomic E-state index is 0.131. The first-order valence-electron chi connectivity index (χ1n) is 8.42. The predicted molar refractivity (Wildman–Crippen MR) is 88.2 cm³/mol. The van der Waals surface area contributed by atoms with Gasteiger partial charge < -0.3 is 5.73 Å². The molecule has 1 atom stereocenters. The maximum absolute atomic E-state index is 11.6. The van der Waals surface area contributed by atoms with Gasteiger partial charge in [0, 0.05) is 12.2 Å². The van der Waals surface area contributed by atoms with E-state index in [1.54, 1.807) is 0 Å². The second kappa shape index (κ2) is 5.81. The van der Waals surface area contributed by atoms with Gasteiger partial charge in [-0.15, -0.1) is 0 Å². The first kappa shape index (κ1) is 14.5. The van der Waals surface area contributed by atoms with Crippen LogP contribution >= 0.6 is 0 Å². The standard InChI is InChI=1S/C18H22N4O/c19-18(23)17-10-5-11-21(17)12-15-14-8-4-9-16(14)22(20-15)13-6-2-1-3-7-13/h1-3,6-7,17H,4-5,8-12H2,(H2,19,23). The van der Waals surface area contributed by atoms with Gasteiger partial charge in [-0.05, 0) is 56.3 Å². The van der Waals surface area contributed by atoms with Gasteiger partial charge in [-0.25, -0.2) is 4.68 Å². The Labute approximate surface area is 136 Å². The number of nitrogens with zero attached hydrogens (tertiary/aromatic N) is 3. The number of primary amides is 1. The first-order chi connectivity index (χ1) is 11.2. The molecule has 1 unspecified atom stereocenters. The van der Waals surface area contributed by atoms with Crippen molar-refractivity contribution in [2.75, 3.05) is 6.54 Å². The maximum Gasteiger partial charge on any atom is 0.234 e. The number of hydrogen-bond acceptors (Lipinski definition) is 3. The molecule has 4 rings (SSSR count). The Kier molecular flexibility index (Phi) is 3.65. The van der Waals surface area contributed by atoms with Gasteiger partial charge >= 0.3 is 0 Å². The first-order valence-corrected chi connectivity index (χ1v) is 8.42. The Morgan fingerprint density at radius 1 is 1.22 bits per heavy atom. The molecular formula is C18H22N4O. The number of likely N-dealkylation sites (tertiary alicyclic amines) is 1. The number of rotatable bonds is 4. The normalized spacial score (nSPS) is 20.8. The van der Waals surface area contributed by atoms with E-state index in [9.17, 15) is 4.79 Å². The van der Waals surface area contributed by atoms with E-state index < -0.39 is 0 Å². The van der Waals surface area contributed by atoms with Crippen molar-refractivity contribution < 1.29 is 4.79 Å². The molecule has 2 heterocycles. The highest BCUT2D eigenvalue weighted by Crippen LogP contribution is 2.30. The predicted octanol–water partition coefficient (Wildman–Crippen LogP) is 1.81. The largest absolute Gasteiger partial charge is 0.368 e. The summed E-state index contributed by atoms with van der Waals surface area (Å²) in [6.07, 6.45) is 5.27. The van der Waals surface area contributed by atoms with E-state index in [2.05, 4.69) is 21.7 Å². The fraction of sp³-hybridized carbons (Fsp3) is 0.444. The molecule has 0 saturated carbocycles. The SMILES string of the molecule is NC(=O)C1CCCN1Cc1nn(-c2ccccc2)c2c1CCC2. The molecule has 1 aliphatic carbocycles. The van der Waals surface area contributed by atoms with Crippen LogP contribution in [0.1, 0.15) is 36.2 Å². The molecule has 1 fully saturated rings. The Hall–Kier alpha value is -2.14. The van der Waals surface area contributed by atoms with Crippen molar-refractivity contribution >= 4 is 5.91 Å². The highest BCUT2D eigenvalue weighted by atomic mass is 16.1. The Morgan fingerprint density at radius 3 is 2.83 bits per heavy atom. The number of aromatic nitrogens is 2. The maximum atomic E-state index is 11.6. The summed E-state index contributed by atoms with van der Waals surface area (Å²) in [5, 5.41) is 4.88. The van der Waals surface area contributed by atoms with Crippen molar-refractivity contribution in [2.45, 2.75) is 44.7 Å². The van der Waals surface area contributed by atoms with E-state index >= 15 is 0 Å². The molecule has 2 aromatic rings. The van der Waals surface area contributed by atoms with Crippen molar-refractivity contribution in [1.29, 1.82) is 0 Å². The highest BCUT2D eigenvalue weighted by molar-refractivity contribution is 5.80. The summed E-state index contributed by atoms with van der Waals surface area (Å²) in [6.45, 7) is 1.66. The van der Waals surface area contributed by atoms with Gasteiger partial charge in [0.1, 0.15) is 0 Å². The number of benzene rings is 1. The molecule has 1 aliphatic heterocycles. The molecule has 5 heteroatoms.